The molecule has 0 bridgehead atoms. The second-order valence-corrected chi connectivity index (χ2v) is 8.49. The van der Waals surface area contributed by atoms with Gasteiger partial charge in [0.25, 0.3) is 0 Å². The van der Waals surface area contributed by atoms with Crippen molar-refractivity contribution >= 4 is 39.3 Å². The number of fused-ring (bicyclic) bond motifs is 2. The zero-order chi connectivity index (χ0) is 24.9. The van der Waals surface area contributed by atoms with E-state index in [1.165, 1.54) is 25.1 Å². The number of carbonyl (C=O) groups excluding carboxylic acids is 2. The van der Waals surface area contributed by atoms with Crippen LogP contribution in [0.4, 0.5) is 4.39 Å². The number of hydrogen-bond donors (Lipinski definition) is 3. The van der Waals surface area contributed by atoms with Gasteiger partial charge in [0, 0.05) is 19.8 Å². The van der Waals surface area contributed by atoms with Crippen molar-refractivity contribution in [3.05, 3.63) is 95.8 Å². The van der Waals surface area contributed by atoms with Crippen LogP contribution in [0.15, 0.2) is 78.9 Å². The zero-order valence-corrected chi connectivity index (χ0v) is 19.1. The fraction of sp³-hybridized carbons (Fsp3) is 0.179. The summed E-state index contributed by atoms with van der Waals surface area (Å²) in [5, 5.41) is 18.9. The predicted molar refractivity (Wildman–Crippen MR) is 132 cm³/mol. The number of hydrogen-bond acceptors (Lipinski definition) is 3. The summed E-state index contributed by atoms with van der Waals surface area (Å²) in [6.07, 6.45) is 0.0718. The van der Waals surface area contributed by atoms with E-state index in [0.29, 0.717) is 5.56 Å². The van der Waals surface area contributed by atoms with Crippen molar-refractivity contribution in [2.45, 2.75) is 31.8 Å². The number of benzene rings is 4. The Labute approximate surface area is 201 Å². The minimum absolute atomic E-state index is 0.0205. The van der Waals surface area contributed by atoms with Gasteiger partial charge >= 0.3 is 5.97 Å². The summed E-state index contributed by atoms with van der Waals surface area (Å²) >= 11 is 0. The molecular formula is C28H25FN2O4. The molecule has 0 saturated heterocycles. The van der Waals surface area contributed by atoms with Gasteiger partial charge < -0.3 is 15.7 Å². The normalized spacial score (nSPS) is 12.7. The van der Waals surface area contributed by atoms with E-state index in [-0.39, 0.29) is 12.8 Å². The highest BCUT2D eigenvalue weighted by Gasteiger charge is 2.27. The molecule has 178 valence electrons. The minimum atomic E-state index is -1.24. The van der Waals surface area contributed by atoms with Crippen molar-refractivity contribution in [3.8, 4) is 0 Å². The molecule has 0 spiro atoms. The van der Waals surface area contributed by atoms with Gasteiger partial charge in [-0.1, -0.05) is 60.7 Å². The number of rotatable bonds is 8. The Morgan fingerprint density at radius 2 is 1.43 bits per heavy atom. The molecule has 0 unspecified atom stereocenters. The molecule has 3 N–H and O–H groups in total. The molecule has 0 aliphatic rings. The third-order valence-electron chi connectivity index (χ3n) is 5.93. The average Bonchev–Trinajstić information content (AvgIpc) is 2.82. The number of halogens is 1. The SMILES string of the molecule is CC(=O)N[C@H](Cc1cccc(F)c1)C(=O)N[C@@H](Cc1c2ccccc2cc2ccccc12)C(=O)O. The van der Waals surface area contributed by atoms with Crippen molar-refractivity contribution in [1.82, 2.24) is 10.6 Å². The number of amides is 2. The summed E-state index contributed by atoms with van der Waals surface area (Å²) < 4.78 is 13.6. The summed E-state index contributed by atoms with van der Waals surface area (Å²) in [6, 6.07) is 20.9. The van der Waals surface area contributed by atoms with Gasteiger partial charge in [-0.3, -0.25) is 9.59 Å². The molecular weight excluding hydrogens is 447 g/mol. The first-order chi connectivity index (χ1) is 16.8. The van der Waals surface area contributed by atoms with Crippen LogP contribution in [0.5, 0.6) is 0 Å². The monoisotopic (exact) mass is 472 g/mol. The second kappa shape index (κ2) is 10.3. The van der Waals surface area contributed by atoms with Crippen molar-refractivity contribution in [1.29, 1.82) is 0 Å². The maximum Gasteiger partial charge on any atom is 0.326 e. The van der Waals surface area contributed by atoms with E-state index in [0.717, 1.165) is 27.1 Å². The number of nitrogens with one attached hydrogen (secondary N) is 2. The van der Waals surface area contributed by atoms with Crippen molar-refractivity contribution < 1.29 is 23.9 Å². The van der Waals surface area contributed by atoms with E-state index >= 15 is 0 Å². The summed E-state index contributed by atoms with van der Waals surface area (Å²) in [5.74, 6) is -2.76. The van der Waals surface area contributed by atoms with Crippen LogP contribution in [-0.4, -0.2) is 35.0 Å². The highest BCUT2D eigenvalue weighted by molar-refractivity contribution is 6.03. The van der Waals surface area contributed by atoms with Crippen LogP contribution in [0.3, 0.4) is 0 Å². The van der Waals surface area contributed by atoms with Gasteiger partial charge in [-0.2, -0.15) is 0 Å². The topological polar surface area (TPSA) is 95.5 Å². The first-order valence-corrected chi connectivity index (χ1v) is 11.3. The molecule has 0 aliphatic carbocycles. The maximum absolute atomic E-state index is 13.6. The molecule has 7 heteroatoms. The second-order valence-electron chi connectivity index (χ2n) is 8.49. The minimum Gasteiger partial charge on any atom is -0.480 e. The Morgan fingerprint density at radius 1 is 0.800 bits per heavy atom. The Morgan fingerprint density at radius 3 is 2.00 bits per heavy atom. The quantitative estimate of drug-likeness (QED) is 0.338. The number of carbonyl (C=O) groups is 3. The lowest BCUT2D eigenvalue weighted by atomic mass is 9.92. The van der Waals surface area contributed by atoms with Crippen LogP contribution in [0, 0.1) is 5.82 Å². The molecule has 4 rings (SSSR count). The maximum atomic E-state index is 13.6. The van der Waals surface area contributed by atoms with Crippen molar-refractivity contribution in [3.63, 3.8) is 0 Å². The van der Waals surface area contributed by atoms with E-state index in [2.05, 4.69) is 10.6 Å². The van der Waals surface area contributed by atoms with Gasteiger partial charge in [-0.15, -0.1) is 0 Å². The summed E-state index contributed by atoms with van der Waals surface area (Å²) in [4.78, 5) is 37.1. The third-order valence-corrected chi connectivity index (χ3v) is 5.93. The lowest BCUT2D eigenvalue weighted by Gasteiger charge is -2.22. The smallest absolute Gasteiger partial charge is 0.326 e. The summed E-state index contributed by atoms with van der Waals surface area (Å²) in [5.41, 5.74) is 1.32. The van der Waals surface area contributed by atoms with Gasteiger partial charge in [-0.25, -0.2) is 9.18 Å². The number of carboxylic acid groups (broad SMARTS) is 1. The third kappa shape index (κ3) is 5.63. The largest absolute Gasteiger partial charge is 0.480 e. The van der Waals surface area contributed by atoms with Crippen LogP contribution in [-0.2, 0) is 27.2 Å². The molecule has 2 amide bonds. The van der Waals surface area contributed by atoms with Gasteiger partial charge in [0.2, 0.25) is 11.8 Å². The summed E-state index contributed by atoms with van der Waals surface area (Å²) in [7, 11) is 0. The van der Waals surface area contributed by atoms with Gasteiger partial charge in [0.1, 0.15) is 17.9 Å². The molecule has 0 heterocycles. The lowest BCUT2D eigenvalue weighted by Crippen LogP contribution is -2.52. The molecule has 0 saturated carbocycles. The molecule has 0 radical (unpaired) electrons. The predicted octanol–water partition coefficient (Wildman–Crippen LogP) is 3.99. The fourth-order valence-corrected chi connectivity index (χ4v) is 4.36. The first kappa shape index (κ1) is 23.9. The van der Waals surface area contributed by atoms with E-state index < -0.39 is 35.7 Å². The van der Waals surface area contributed by atoms with Crippen LogP contribution >= 0.6 is 0 Å². The molecule has 0 fully saturated rings. The van der Waals surface area contributed by atoms with E-state index in [4.69, 9.17) is 0 Å². The molecule has 0 aliphatic heterocycles. The molecule has 6 nitrogen and oxygen atoms in total. The Bertz CT molecular complexity index is 1360. The first-order valence-electron chi connectivity index (χ1n) is 11.3. The number of aliphatic carboxylic acids is 1. The standard InChI is InChI=1S/C28H25FN2O4/c1-17(32)30-25(14-18-7-6-10-21(29)13-18)27(33)31-26(28(34)35)16-24-22-11-4-2-8-19(22)15-20-9-3-5-12-23(20)24/h2-13,15,25-26H,14,16H2,1H3,(H,30,32)(H,31,33)(H,34,35)/t25-,26+/m1/s1. The molecule has 4 aromatic rings. The molecule has 35 heavy (non-hydrogen) atoms. The van der Waals surface area contributed by atoms with Crippen LogP contribution in [0.25, 0.3) is 21.5 Å². The molecule has 0 aromatic heterocycles. The van der Waals surface area contributed by atoms with Crippen molar-refractivity contribution in [2.24, 2.45) is 0 Å². The van der Waals surface area contributed by atoms with E-state index in [1.807, 2.05) is 54.6 Å². The Hall–Kier alpha value is -4.26. The Kier molecular flexibility index (Phi) is 7.06. The zero-order valence-electron chi connectivity index (χ0n) is 19.1. The Balaban J connectivity index is 1.64. The highest BCUT2D eigenvalue weighted by atomic mass is 19.1. The van der Waals surface area contributed by atoms with Crippen LogP contribution < -0.4 is 10.6 Å². The fourth-order valence-electron chi connectivity index (χ4n) is 4.36. The van der Waals surface area contributed by atoms with Crippen LogP contribution in [0.1, 0.15) is 18.1 Å². The van der Waals surface area contributed by atoms with E-state index in [1.54, 1.807) is 6.07 Å². The van der Waals surface area contributed by atoms with Gasteiger partial charge in [0.15, 0.2) is 0 Å². The van der Waals surface area contributed by atoms with Gasteiger partial charge in [0.05, 0.1) is 0 Å². The lowest BCUT2D eigenvalue weighted by molar-refractivity contribution is -0.142. The molecule has 4 aromatic carbocycles. The highest BCUT2D eigenvalue weighted by Crippen LogP contribution is 2.29. The van der Waals surface area contributed by atoms with Crippen molar-refractivity contribution in [2.75, 3.05) is 0 Å². The number of carboxylic acids is 1. The van der Waals surface area contributed by atoms with Gasteiger partial charge in [-0.05, 0) is 50.9 Å². The van der Waals surface area contributed by atoms with E-state index in [9.17, 15) is 23.9 Å². The average molecular weight is 473 g/mol. The summed E-state index contributed by atoms with van der Waals surface area (Å²) in [6.45, 7) is 1.27. The molecule has 2 atom stereocenters. The van der Waals surface area contributed by atoms with Crippen LogP contribution in [0.2, 0.25) is 0 Å².